The summed E-state index contributed by atoms with van der Waals surface area (Å²) < 4.78 is 38.6. The van der Waals surface area contributed by atoms with Crippen LogP contribution in [0.3, 0.4) is 0 Å². The third kappa shape index (κ3) is 9.61. The first-order chi connectivity index (χ1) is 15.4. The minimum atomic E-state index is -4.44. The highest BCUT2D eigenvalue weighted by molar-refractivity contribution is 7.86. The fraction of sp³-hybridized carbons (Fsp3) is 0.538. The molecule has 32 heavy (non-hydrogen) atoms. The van der Waals surface area contributed by atoms with Crippen LogP contribution in [0.5, 0.6) is 17.2 Å². The molecule has 2 rings (SSSR count). The van der Waals surface area contributed by atoms with Gasteiger partial charge >= 0.3 is 0 Å². The molecule has 0 saturated carbocycles. The number of aryl methyl sites for hydroxylation is 1. The van der Waals surface area contributed by atoms with Gasteiger partial charge in [-0.25, -0.2) is 0 Å². The van der Waals surface area contributed by atoms with Gasteiger partial charge in [-0.1, -0.05) is 95.8 Å². The summed E-state index contributed by atoms with van der Waals surface area (Å²) in [4.78, 5) is -0.306. The van der Waals surface area contributed by atoms with E-state index in [1.165, 1.54) is 76.3 Å². The first-order valence-electron chi connectivity index (χ1n) is 12.0. The maximum Gasteiger partial charge on any atom is 0.298 e. The fourth-order valence-electron chi connectivity index (χ4n) is 3.83. The lowest BCUT2D eigenvalue weighted by Gasteiger charge is -2.12. The standard InChI is InChI=1S/C26H38O5S/c1-2-3-4-5-6-7-8-9-10-11-12-13-16-22-19-20-26(32(28,29)30)25(21-22)31-24-18-15-14-17-23(24)27/h14-15,17-21,27H,2-13,16H2,1H3,(H,28,29,30). The maximum absolute atomic E-state index is 11.7. The van der Waals surface area contributed by atoms with Gasteiger partial charge in [0.05, 0.1) is 0 Å². The van der Waals surface area contributed by atoms with E-state index >= 15 is 0 Å². The molecule has 2 aromatic rings. The second kappa shape index (κ2) is 14.2. The molecule has 0 atom stereocenters. The van der Waals surface area contributed by atoms with Crippen molar-refractivity contribution in [3.05, 3.63) is 48.0 Å². The Hall–Kier alpha value is -2.05. The van der Waals surface area contributed by atoms with Crippen LogP contribution in [-0.2, 0) is 16.5 Å². The second-order valence-electron chi connectivity index (χ2n) is 8.47. The van der Waals surface area contributed by atoms with Gasteiger partial charge in [-0.05, 0) is 42.7 Å². The zero-order chi connectivity index (χ0) is 23.2. The van der Waals surface area contributed by atoms with Crippen LogP contribution in [0.4, 0.5) is 0 Å². The van der Waals surface area contributed by atoms with Crippen molar-refractivity contribution >= 4 is 10.1 Å². The number of aromatic hydroxyl groups is 1. The Balaban J connectivity index is 1.77. The number of rotatable bonds is 16. The Morgan fingerprint density at radius 2 is 1.31 bits per heavy atom. The van der Waals surface area contributed by atoms with Crippen molar-refractivity contribution in [1.29, 1.82) is 0 Å². The summed E-state index contributed by atoms with van der Waals surface area (Å²) in [5.74, 6) is 0.0606. The minimum absolute atomic E-state index is 0.0189. The predicted molar refractivity (Wildman–Crippen MR) is 129 cm³/mol. The summed E-state index contributed by atoms with van der Waals surface area (Å²) in [6.45, 7) is 2.25. The van der Waals surface area contributed by atoms with Crippen LogP contribution in [0.15, 0.2) is 47.4 Å². The van der Waals surface area contributed by atoms with E-state index in [0.717, 1.165) is 24.8 Å². The third-order valence-electron chi connectivity index (χ3n) is 5.69. The van der Waals surface area contributed by atoms with Gasteiger partial charge < -0.3 is 9.84 Å². The van der Waals surface area contributed by atoms with Crippen LogP contribution in [-0.4, -0.2) is 18.1 Å². The van der Waals surface area contributed by atoms with Crippen molar-refractivity contribution in [2.45, 2.75) is 95.3 Å². The van der Waals surface area contributed by atoms with Gasteiger partial charge in [0.1, 0.15) is 10.6 Å². The number of ether oxygens (including phenoxy) is 1. The van der Waals surface area contributed by atoms with E-state index in [0.29, 0.717) is 0 Å². The molecule has 0 heterocycles. The minimum Gasteiger partial charge on any atom is -0.504 e. The molecule has 0 unspecified atom stereocenters. The predicted octanol–water partition coefficient (Wildman–Crippen LogP) is 7.67. The molecule has 2 aromatic carbocycles. The number of hydrogen-bond acceptors (Lipinski definition) is 4. The number of phenolic OH excluding ortho intramolecular Hbond substituents is 1. The summed E-state index contributed by atoms with van der Waals surface area (Å²) in [6.07, 6.45) is 16.2. The zero-order valence-electron chi connectivity index (χ0n) is 19.3. The maximum atomic E-state index is 11.7. The molecule has 0 aliphatic carbocycles. The summed E-state index contributed by atoms with van der Waals surface area (Å²) in [7, 11) is -4.44. The van der Waals surface area contributed by atoms with E-state index in [4.69, 9.17) is 4.74 Å². The lowest BCUT2D eigenvalue weighted by Crippen LogP contribution is -2.02. The van der Waals surface area contributed by atoms with Crippen LogP contribution in [0, 0.1) is 0 Å². The summed E-state index contributed by atoms with van der Waals surface area (Å²) in [6, 6.07) is 11.0. The van der Waals surface area contributed by atoms with Crippen LogP contribution in [0.1, 0.15) is 89.5 Å². The molecule has 2 N–H and O–H groups in total. The van der Waals surface area contributed by atoms with Gasteiger partial charge in [0.25, 0.3) is 10.1 Å². The van der Waals surface area contributed by atoms with E-state index in [-0.39, 0.29) is 22.1 Å². The van der Waals surface area contributed by atoms with E-state index in [2.05, 4.69) is 6.92 Å². The van der Waals surface area contributed by atoms with Gasteiger partial charge in [0.2, 0.25) is 0 Å². The number of phenols is 1. The van der Waals surface area contributed by atoms with Crippen molar-refractivity contribution in [1.82, 2.24) is 0 Å². The molecule has 0 bridgehead atoms. The van der Waals surface area contributed by atoms with Crippen LogP contribution >= 0.6 is 0 Å². The van der Waals surface area contributed by atoms with E-state index in [1.54, 1.807) is 30.3 Å². The molecule has 0 radical (unpaired) electrons. The van der Waals surface area contributed by atoms with Crippen molar-refractivity contribution in [3.63, 3.8) is 0 Å². The highest BCUT2D eigenvalue weighted by atomic mass is 32.2. The number of unbranched alkanes of at least 4 members (excludes halogenated alkanes) is 11. The Kier molecular flexibility index (Phi) is 11.6. The Morgan fingerprint density at radius 1 is 0.750 bits per heavy atom. The van der Waals surface area contributed by atoms with Crippen molar-refractivity contribution in [3.8, 4) is 17.2 Å². The smallest absolute Gasteiger partial charge is 0.298 e. The molecular weight excluding hydrogens is 424 g/mol. The summed E-state index contributed by atoms with van der Waals surface area (Å²) >= 11 is 0. The first-order valence-corrected chi connectivity index (χ1v) is 13.4. The Bertz CT molecular complexity index is 908. The normalized spacial score (nSPS) is 11.6. The highest BCUT2D eigenvalue weighted by Gasteiger charge is 2.18. The Morgan fingerprint density at radius 3 is 1.88 bits per heavy atom. The van der Waals surface area contributed by atoms with Crippen LogP contribution in [0.2, 0.25) is 0 Å². The second-order valence-corrected chi connectivity index (χ2v) is 9.85. The lowest BCUT2D eigenvalue weighted by atomic mass is 10.0. The number of para-hydroxylation sites is 2. The average Bonchev–Trinajstić information content (AvgIpc) is 2.75. The Labute approximate surface area is 193 Å². The molecule has 178 valence electrons. The van der Waals surface area contributed by atoms with Gasteiger partial charge in [-0.3, -0.25) is 4.55 Å². The molecule has 5 nitrogen and oxygen atoms in total. The zero-order valence-corrected chi connectivity index (χ0v) is 20.1. The van der Waals surface area contributed by atoms with Crippen LogP contribution < -0.4 is 4.74 Å². The van der Waals surface area contributed by atoms with Gasteiger partial charge in [0.15, 0.2) is 11.5 Å². The molecule has 0 aliphatic heterocycles. The van der Waals surface area contributed by atoms with E-state index < -0.39 is 10.1 Å². The molecule has 0 aliphatic rings. The molecule has 0 amide bonds. The molecule has 0 fully saturated rings. The van der Waals surface area contributed by atoms with E-state index in [9.17, 15) is 18.1 Å². The van der Waals surface area contributed by atoms with Crippen molar-refractivity contribution in [2.24, 2.45) is 0 Å². The summed E-state index contributed by atoms with van der Waals surface area (Å²) in [5.41, 5.74) is 0.940. The SMILES string of the molecule is CCCCCCCCCCCCCCc1ccc(S(=O)(=O)O)c(Oc2ccccc2O)c1. The largest absolute Gasteiger partial charge is 0.504 e. The number of hydrogen-bond donors (Lipinski definition) is 2. The highest BCUT2D eigenvalue weighted by Crippen LogP contribution is 2.34. The van der Waals surface area contributed by atoms with Crippen LogP contribution in [0.25, 0.3) is 0 Å². The monoisotopic (exact) mass is 462 g/mol. The average molecular weight is 463 g/mol. The molecule has 6 heteroatoms. The van der Waals surface area contributed by atoms with Crippen molar-refractivity contribution < 1.29 is 22.8 Å². The third-order valence-corrected chi connectivity index (χ3v) is 6.58. The van der Waals surface area contributed by atoms with Gasteiger partial charge in [-0.2, -0.15) is 8.42 Å². The van der Waals surface area contributed by atoms with Crippen molar-refractivity contribution in [2.75, 3.05) is 0 Å². The molecule has 0 saturated heterocycles. The fourth-order valence-corrected chi connectivity index (χ4v) is 4.43. The van der Waals surface area contributed by atoms with Gasteiger partial charge in [-0.15, -0.1) is 0 Å². The molecule has 0 aromatic heterocycles. The molecular formula is C26H38O5S. The van der Waals surface area contributed by atoms with E-state index in [1.807, 2.05) is 0 Å². The first kappa shape index (κ1) is 26.2. The summed E-state index contributed by atoms with van der Waals surface area (Å²) in [5, 5.41) is 9.92. The van der Waals surface area contributed by atoms with Gasteiger partial charge in [0, 0.05) is 0 Å². The topological polar surface area (TPSA) is 83.8 Å². The molecule has 0 spiro atoms. The quantitative estimate of drug-likeness (QED) is 0.197. The number of benzene rings is 2. The lowest BCUT2D eigenvalue weighted by molar-refractivity contribution is 0.402.